The van der Waals surface area contributed by atoms with E-state index in [9.17, 15) is 13.2 Å². The van der Waals surface area contributed by atoms with E-state index in [4.69, 9.17) is 21.5 Å². The molecule has 2 N–H and O–H groups in total. The highest BCUT2D eigenvalue weighted by Gasteiger charge is 2.31. The number of rotatable bonds is 3. The summed E-state index contributed by atoms with van der Waals surface area (Å²) < 4.78 is 24.3. The van der Waals surface area contributed by atoms with Crippen LogP contribution in [0.25, 0.3) is 5.70 Å². The van der Waals surface area contributed by atoms with E-state index < -0.39 is 15.8 Å². The molecule has 20 heavy (non-hydrogen) atoms. The highest BCUT2D eigenvalue weighted by Crippen LogP contribution is 2.37. The minimum Gasteiger partial charge on any atom is -0.478 e. The third kappa shape index (κ3) is 2.28. The summed E-state index contributed by atoms with van der Waals surface area (Å²) in [6.07, 6.45) is 1.43. The highest BCUT2D eigenvalue weighted by molar-refractivity contribution is 7.91. The maximum absolute atomic E-state index is 12.1. The van der Waals surface area contributed by atoms with Crippen molar-refractivity contribution in [3.05, 3.63) is 33.9 Å². The molecule has 0 saturated heterocycles. The van der Waals surface area contributed by atoms with Crippen LogP contribution in [0.1, 0.15) is 21.5 Å². The SMILES string of the molecule is CONC1=CCS(=O)(=O)c2c(Cl)cc(C(=O)O)c(C)c21. The number of aromatic carboxylic acids is 1. The van der Waals surface area contributed by atoms with Crippen molar-refractivity contribution >= 4 is 33.1 Å². The number of benzene rings is 1. The van der Waals surface area contributed by atoms with E-state index >= 15 is 0 Å². The normalized spacial score (nSPS) is 16.2. The van der Waals surface area contributed by atoms with Crippen molar-refractivity contribution in [2.45, 2.75) is 11.8 Å². The average molecular weight is 318 g/mol. The van der Waals surface area contributed by atoms with Gasteiger partial charge in [0.05, 0.1) is 34.0 Å². The molecule has 1 aliphatic rings. The quantitative estimate of drug-likeness (QED) is 0.823. The topological polar surface area (TPSA) is 92.7 Å². The first kappa shape index (κ1) is 14.8. The minimum absolute atomic E-state index is 0.0466. The number of carboxylic acid groups (broad SMARTS) is 1. The predicted octanol–water partition coefficient (Wildman–Crippen LogP) is 1.63. The number of sulfone groups is 1. The van der Waals surface area contributed by atoms with Gasteiger partial charge in [0.25, 0.3) is 0 Å². The van der Waals surface area contributed by atoms with Crippen LogP contribution in [0.2, 0.25) is 5.02 Å². The number of carbonyl (C=O) groups is 1. The molecule has 0 amide bonds. The number of hydrogen-bond donors (Lipinski definition) is 2. The van der Waals surface area contributed by atoms with Crippen molar-refractivity contribution in [3.63, 3.8) is 0 Å². The first-order valence-electron chi connectivity index (χ1n) is 5.58. The molecule has 0 aliphatic carbocycles. The van der Waals surface area contributed by atoms with Gasteiger partial charge in [-0.1, -0.05) is 11.6 Å². The molecular formula is C12H12ClNO5S. The van der Waals surface area contributed by atoms with Crippen LogP contribution in [0.15, 0.2) is 17.0 Å². The first-order valence-corrected chi connectivity index (χ1v) is 7.61. The van der Waals surface area contributed by atoms with Gasteiger partial charge in [-0.25, -0.2) is 13.2 Å². The monoisotopic (exact) mass is 317 g/mol. The summed E-state index contributed by atoms with van der Waals surface area (Å²) in [7, 11) is -2.21. The van der Waals surface area contributed by atoms with E-state index in [0.717, 1.165) is 6.07 Å². The smallest absolute Gasteiger partial charge is 0.336 e. The van der Waals surface area contributed by atoms with Gasteiger partial charge in [0.15, 0.2) is 9.84 Å². The largest absolute Gasteiger partial charge is 0.478 e. The second kappa shape index (κ2) is 5.08. The Hall–Kier alpha value is -1.57. The Labute approximate surface area is 120 Å². The zero-order valence-corrected chi connectivity index (χ0v) is 12.3. The molecule has 0 spiro atoms. The van der Waals surface area contributed by atoms with Crippen LogP contribution in [0.5, 0.6) is 0 Å². The second-order valence-electron chi connectivity index (χ2n) is 4.25. The molecule has 0 aromatic heterocycles. The fourth-order valence-corrected chi connectivity index (χ4v) is 4.20. The molecule has 6 nitrogen and oxygen atoms in total. The lowest BCUT2D eigenvalue weighted by Crippen LogP contribution is -2.22. The molecule has 1 aliphatic heterocycles. The third-order valence-electron chi connectivity index (χ3n) is 3.02. The van der Waals surface area contributed by atoms with Gasteiger partial charge in [-0.15, -0.1) is 0 Å². The van der Waals surface area contributed by atoms with E-state index in [1.165, 1.54) is 20.1 Å². The first-order chi connectivity index (χ1) is 9.29. The van der Waals surface area contributed by atoms with Gasteiger partial charge in [-0.05, 0) is 24.6 Å². The molecule has 1 aromatic carbocycles. The molecule has 0 bridgehead atoms. The lowest BCUT2D eigenvalue weighted by molar-refractivity contribution is 0.0696. The van der Waals surface area contributed by atoms with Crippen molar-refractivity contribution in [2.75, 3.05) is 12.9 Å². The number of carboxylic acids is 1. The molecule has 0 unspecified atom stereocenters. The third-order valence-corrected chi connectivity index (χ3v) is 5.09. The Morgan fingerprint density at radius 3 is 2.70 bits per heavy atom. The maximum atomic E-state index is 12.1. The van der Waals surface area contributed by atoms with Crippen molar-refractivity contribution in [1.29, 1.82) is 0 Å². The summed E-state index contributed by atoms with van der Waals surface area (Å²) in [6, 6.07) is 1.16. The van der Waals surface area contributed by atoms with Gasteiger partial charge in [-0.3, -0.25) is 10.3 Å². The number of nitrogens with one attached hydrogen (secondary N) is 1. The minimum atomic E-state index is -3.59. The molecule has 1 heterocycles. The van der Waals surface area contributed by atoms with Gasteiger partial charge >= 0.3 is 5.97 Å². The second-order valence-corrected chi connectivity index (χ2v) is 6.62. The lowest BCUT2D eigenvalue weighted by Gasteiger charge is -2.22. The molecule has 1 aromatic rings. The number of fused-ring (bicyclic) bond motifs is 1. The van der Waals surface area contributed by atoms with Crippen molar-refractivity contribution < 1.29 is 23.2 Å². The van der Waals surface area contributed by atoms with Crippen LogP contribution in [0, 0.1) is 6.92 Å². The fourth-order valence-electron chi connectivity index (χ4n) is 2.16. The predicted molar refractivity (Wildman–Crippen MR) is 73.3 cm³/mol. The van der Waals surface area contributed by atoms with Crippen molar-refractivity contribution in [2.24, 2.45) is 0 Å². The van der Waals surface area contributed by atoms with Crippen LogP contribution in [-0.4, -0.2) is 32.4 Å². The van der Waals surface area contributed by atoms with Gasteiger partial charge in [0.2, 0.25) is 0 Å². The van der Waals surface area contributed by atoms with E-state index in [-0.39, 0.29) is 26.8 Å². The zero-order chi connectivity index (χ0) is 15.1. The van der Waals surface area contributed by atoms with Crippen LogP contribution in [0.3, 0.4) is 0 Å². The molecule has 2 rings (SSSR count). The zero-order valence-electron chi connectivity index (χ0n) is 10.7. The lowest BCUT2D eigenvalue weighted by atomic mass is 9.99. The number of hydrogen-bond acceptors (Lipinski definition) is 5. The van der Waals surface area contributed by atoms with Crippen LogP contribution in [-0.2, 0) is 14.7 Å². The van der Waals surface area contributed by atoms with E-state index in [1.54, 1.807) is 0 Å². The van der Waals surface area contributed by atoms with E-state index in [2.05, 4.69) is 5.48 Å². The Kier molecular flexibility index (Phi) is 3.77. The Morgan fingerprint density at radius 2 is 2.15 bits per heavy atom. The fraction of sp³-hybridized carbons (Fsp3) is 0.250. The summed E-state index contributed by atoms with van der Waals surface area (Å²) in [6.45, 7) is 1.53. The summed E-state index contributed by atoms with van der Waals surface area (Å²) in [5.74, 6) is -1.40. The average Bonchev–Trinajstić information content (AvgIpc) is 2.35. The van der Waals surface area contributed by atoms with Gasteiger partial charge in [0, 0.05) is 5.56 Å². The van der Waals surface area contributed by atoms with Crippen molar-refractivity contribution in [3.8, 4) is 0 Å². The molecule has 0 atom stereocenters. The van der Waals surface area contributed by atoms with Gasteiger partial charge in [0.1, 0.15) is 0 Å². The highest BCUT2D eigenvalue weighted by atomic mass is 35.5. The molecular weight excluding hydrogens is 306 g/mol. The molecule has 0 fully saturated rings. The van der Waals surface area contributed by atoms with E-state index in [1.807, 2.05) is 0 Å². The van der Waals surface area contributed by atoms with E-state index in [0.29, 0.717) is 11.3 Å². The summed E-state index contributed by atoms with van der Waals surface area (Å²) >= 11 is 5.98. The Morgan fingerprint density at radius 1 is 1.50 bits per heavy atom. The van der Waals surface area contributed by atoms with Crippen LogP contribution < -0.4 is 5.48 Å². The van der Waals surface area contributed by atoms with Crippen LogP contribution >= 0.6 is 11.6 Å². The Bertz CT molecular complexity index is 724. The van der Waals surface area contributed by atoms with Crippen molar-refractivity contribution in [1.82, 2.24) is 5.48 Å². The number of hydroxylamine groups is 1. The molecule has 0 saturated carbocycles. The Balaban J connectivity index is 2.86. The summed E-state index contributed by atoms with van der Waals surface area (Å²) in [5.41, 5.74) is 3.45. The summed E-state index contributed by atoms with van der Waals surface area (Å²) in [4.78, 5) is 15.9. The molecule has 0 radical (unpaired) electrons. The summed E-state index contributed by atoms with van der Waals surface area (Å²) in [5, 5.41) is 9.05. The standard InChI is InChI=1S/C12H12ClNO5S/c1-6-7(12(15)16)5-8(13)11-10(6)9(14-19-2)3-4-20(11,17)18/h3,5,14H,4H2,1-2H3,(H,15,16). The van der Waals surface area contributed by atoms with Crippen LogP contribution in [0.4, 0.5) is 0 Å². The van der Waals surface area contributed by atoms with Gasteiger partial charge in [-0.2, -0.15) is 0 Å². The maximum Gasteiger partial charge on any atom is 0.336 e. The number of halogens is 1. The van der Waals surface area contributed by atoms with Gasteiger partial charge < -0.3 is 5.11 Å². The molecule has 108 valence electrons. The molecule has 8 heteroatoms.